The van der Waals surface area contributed by atoms with Crippen molar-refractivity contribution in [1.29, 1.82) is 0 Å². The molecule has 0 bridgehead atoms. The van der Waals surface area contributed by atoms with Gasteiger partial charge in [0.1, 0.15) is 11.5 Å². The molecule has 15 heavy (non-hydrogen) atoms. The lowest BCUT2D eigenvalue weighted by molar-refractivity contribution is 0.386. The fraction of sp³-hybridized carbons (Fsp3) is 0.500. The lowest BCUT2D eigenvalue weighted by atomic mass is 9.86. The smallest absolute Gasteiger partial charge is 0.132 e. The van der Waals surface area contributed by atoms with E-state index in [-0.39, 0.29) is 5.41 Å². The second-order valence-corrected chi connectivity index (χ2v) is 5.60. The summed E-state index contributed by atoms with van der Waals surface area (Å²) in [6.07, 6.45) is 0. The zero-order valence-electron chi connectivity index (χ0n) is 9.85. The van der Waals surface area contributed by atoms with Crippen LogP contribution in [0.1, 0.15) is 26.3 Å². The minimum atomic E-state index is 0.0585. The Morgan fingerprint density at radius 1 is 1.00 bits per heavy atom. The van der Waals surface area contributed by atoms with E-state index >= 15 is 0 Å². The van der Waals surface area contributed by atoms with Crippen molar-refractivity contribution in [3.63, 3.8) is 0 Å². The second kappa shape index (κ2) is 4.60. The first-order chi connectivity index (χ1) is 6.90. The Morgan fingerprint density at radius 2 is 1.53 bits per heavy atom. The predicted octanol–water partition coefficient (Wildman–Crippen LogP) is 3.61. The van der Waals surface area contributed by atoms with Gasteiger partial charge in [-0.2, -0.15) is 0 Å². The van der Waals surface area contributed by atoms with Crippen LogP contribution in [0.25, 0.3) is 0 Å². The lowest BCUT2D eigenvalue weighted by Gasteiger charge is -2.23. The van der Waals surface area contributed by atoms with Crippen molar-refractivity contribution in [2.45, 2.75) is 26.2 Å². The molecule has 1 aromatic carbocycles. The third kappa shape index (κ3) is 2.77. The molecule has 0 aliphatic heterocycles. The van der Waals surface area contributed by atoms with Crippen LogP contribution in [0.5, 0.6) is 11.5 Å². The molecule has 0 unspecified atom stereocenters. The molecule has 0 spiro atoms. The summed E-state index contributed by atoms with van der Waals surface area (Å²) in [5.41, 5.74) is 1.23. The molecule has 1 aromatic rings. The molecular formula is C12H17IO2. The topological polar surface area (TPSA) is 18.5 Å². The van der Waals surface area contributed by atoms with Gasteiger partial charge in [0.15, 0.2) is 0 Å². The highest BCUT2D eigenvalue weighted by Crippen LogP contribution is 2.36. The van der Waals surface area contributed by atoms with E-state index in [1.54, 1.807) is 14.2 Å². The van der Waals surface area contributed by atoms with Crippen LogP contribution in [0.3, 0.4) is 0 Å². The van der Waals surface area contributed by atoms with Gasteiger partial charge in [0.25, 0.3) is 0 Å². The van der Waals surface area contributed by atoms with Gasteiger partial charge in [0.05, 0.1) is 17.8 Å². The van der Waals surface area contributed by atoms with Crippen LogP contribution in [-0.4, -0.2) is 14.2 Å². The van der Waals surface area contributed by atoms with Crippen molar-refractivity contribution >= 4 is 22.6 Å². The quantitative estimate of drug-likeness (QED) is 0.775. The van der Waals surface area contributed by atoms with Gasteiger partial charge in [-0.25, -0.2) is 0 Å². The Balaban J connectivity index is 3.36. The molecule has 0 aliphatic carbocycles. The lowest BCUT2D eigenvalue weighted by Crippen LogP contribution is -2.13. The molecule has 3 heteroatoms. The highest BCUT2D eigenvalue weighted by Gasteiger charge is 2.20. The van der Waals surface area contributed by atoms with E-state index in [1.165, 1.54) is 5.56 Å². The number of hydrogen-bond donors (Lipinski definition) is 0. The van der Waals surface area contributed by atoms with E-state index in [2.05, 4.69) is 49.4 Å². The van der Waals surface area contributed by atoms with Gasteiger partial charge < -0.3 is 9.47 Å². The summed E-state index contributed by atoms with van der Waals surface area (Å²) < 4.78 is 11.8. The minimum absolute atomic E-state index is 0.0585. The molecule has 0 radical (unpaired) electrons. The summed E-state index contributed by atoms with van der Waals surface area (Å²) in [7, 11) is 3.39. The number of hydrogen-bond acceptors (Lipinski definition) is 2. The number of methoxy groups -OCH3 is 2. The zero-order valence-corrected chi connectivity index (χ0v) is 12.0. The second-order valence-electron chi connectivity index (χ2n) is 4.44. The first kappa shape index (κ1) is 12.6. The van der Waals surface area contributed by atoms with E-state index in [9.17, 15) is 0 Å². The van der Waals surface area contributed by atoms with Gasteiger partial charge >= 0.3 is 0 Å². The fourth-order valence-corrected chi connectivity index (χ4v) is 2.11. The summed E-state index contributed by atoms with van der Waals surface area (Å²) >= 11 is 2.25. The maximum atomic E-state index is 5.39. The van der Waals surface area contributed by atoms with Crippen LogP contribution in [0, 0.1) is 3.57 Å². The summed E-state index contributed by atoms with van der Waals surface area (Å²) in [5.74, 6) is 1.83. The number of halogens is 1. The van der Waals surface area contributed by atoms with Crippen LogP contribution in [-0.2, 0) is 5.41 Å². The molecule has 84 valence electrons. The summed E-state index contributed by atoms with van der Waals surface area (Å²) in [6, 6.07) is 4.07. The van der Waals surface area contributed by atoms with Crippen molar-refractivity contribution in [3.05, 3.63) is 21.3 Å². The van der Waals surface area contributed by atoms with E-state index in [0.29, 0.717) is 0 Å². The molecule has 0 heterocycles. The number of rotatable bonds is 2. The number of benzene rings is 1. The van der Waals surface area contributed by atoms with Crippen LogP contribution in [0.2, 0.25) is 0 Å². The van der Waals surface area contributed by atoms with Gasteiger partial charge in [-0.15, -0.1) is 0 Å². The van der Waals surface area contributed by atoms with Gasteiger partial charge in [0.2, 0.25) is 0 Å². The molecule has 0 saturated carbocycles. The highest BCUT2D eigenvalue weighted by atomic mass is 127. The SMILES string of the molecule is COc1cc(C(C)(C)C)c(OC)cc1I. The Morgan fingerprint density at radius 3 is 1.93 bits per heavy atom. The maximum Gasteiger partial charge on any atom is 0.132 e. The Hall–Kier alpha value is -0.450. The summed E-state index contributed by atoms with van der Waals surface area (Å²) in [4.78, 5) is 0. The van der Waals surface area contributed by atoms with Crippen molar-refractivity contribution in [2.75, 3.05) is 14.2 Å². The molecule has 0 N–H and O–H groups in total. The molecule has 0 aliphatic rings. The van der Waals surface area contributed by atoms with Crippen molar-refractivity contribution in [2.24, 2.45) is 0 Å². The number of ether oxygens (including phenoxy) is 2. The normalized spacial score (nSPS) is 11.3. The predicted molar refractivity (Wildman–Crippen MR) is 71.0 cm³/mol. The van der Waals surface area contributed by atoms with Gasteiger partial charge in [-0.05, 0) is 40.1 Å². The fourth-order valence-electron chi connectivity index (χ4n) is 1.45. The molecular weight excluding hydrogens is 303 g/mol. The van der Waals surface area contributed by atoms with E-state index < -0.39 is 0 Å². The van der Waals surface area contributed by atoms with Crippen LogP contribution in [0.15, 0.2) is 12.1 Å². The third-order valence-electron chi connectivity index (χ3n) is 2.28. The van der Waals surface area contributed by atoms with E-state index in [4.69, 9.17) is 9.47 Å². The summed E-state index contributed by atoms with van der Waals surface area (Å²) in [5, 5.41) is 0. The first-order valence-electron chi connectivity index (χ1n) is 4.82. The molecule has 0 amide bonds. The molecule has 0 saturated heterocycles. The van der Waals surface area contributed by atoms with Gasteiger partial charge in [-0.3, -0.25) is 0 Å². The van der Waals surface area contributed by atoms with E-state index in [1.807, 2.05) is 6.07 Å². The monoisotopic (exact) mass is 320 g/mol. The molecule has 0 fully saturated rings. The van der Waals surface area contributed by atoms with Crippen molar-refractivity contribution < 1.29 is 9.47 Å². The van der Waals surface area contributed by atoms with Gasteiger partial charge in [0, 0.05) is 5.56 Å². The zero-order chi connectivity index (χ0) is 11.6. The molecule has 0 aromatic heterocycles. The van der Waals surface area contributed by atoms with Crippen LogP contribution < -0.4 is 9.47 Å². The van der Waals surface area contributed by atoms with Crippen LogP contribution >= 0.6 is 22.6 Å². The molecule has 0 atom stereocenters. The Kier molecular flexibility index (Phi) is 3.87. The molecule has 2 nitrogen and oxygen atoms in total. The molecule has 1 rings (SSSR count). The van der Waals surface area contributed by atoms with E-state index in [0.717, 1.165) is 15.1 Å². The third-order valence-corrected chi connectivity index (χ3v) is 3.12. The first-order valence-corrected chi connectivity index (χ1v) is 5.90. The standard InChI is InChI=1S/C12H17IO2/c1-12(2,3)8-6-11(15-5)9(13)7-10(8)14-4/h6-7H,1-5H3. The van der Waals surface area contributed by atoms with Crippen molar-refractivity contribution in [1.82, 2.24) is 0 Å². The van der Waals surface area contributed by atoms with Crippen LogP contribution in [0.4, 0.5) is 0 Å². The highest BCUT2D eigenvalue weighted by molar-refractivity contribution is 14.1. The Bertz CT molecular complexity index is 353. The average Bonchev–Trinajstić information content (AvgIpc) is 2.15. The maximum absolute atomic E-state index is 5.39. The van der Waals surface area contributed by atoms with Crippen molar-refractivity contribution in [3.8, 4) is 11.5 Å². The van der Waals surface area contributed by atoms with Gasteiger partial charge in [-0.1, -0.05) is 20.8 Å². The summed E-state index contributed by atoms with van der Waals surface area (Å²) in [6.45, 7) is 6.49. The largest absolute Gasteiger partial charge is 0.496 e. The minimum Gasteiger partial charge on any atom is -0.496 e. The Labute approximate surface area is 105 Å². The average molecular weight is 320 g/mol.